The number of sulfonamides is 1. The predicted octanol–water partition coefficient (Wildman–Crippen LogP) is 2.41. The monoisotopic (exact) mass is 487 g/mol. The Morgan fingerprint density at radius 2 is 1.65 bits per heavy atom. The summed E-state index contributed by atoms with van der Waals surface area (Å²) in [6, 6.07) is 10.8. The quantitative estimate of drug-likeness (QED) is 0.643. The molecule has 0 aromatic heterocycles. The van der Waals surface area contributed by atoms with E-state index >= 15 is 0 Å². The summed E-state index contributed by atoms with van der Waals surface area (Å²) in [4.78, 5) is 27.1. The van der Waals surface area contributed by atoms with Gasteiger partial charge >= 0.3 is 0 Å². The zero-order valence-electron chi connectivity index (χ0n) is 19.3. The minimum absolute atomic E-state index is 0.111. The highest BCUT2D eigenvalue weighted by Crippen LogP contribution is 2.33. The Balaban J connectivity index is 1.41. The Kier molecular flexibility index (Phi) is 7.08. The van der Waals surface area contributed by atoms with Gasteiger partial charge in [0.2, 0.25) is 15.9 Å². The van der Waals surface area contributed by atoms with Crippen LogP contribution in [0.4, 0.5) is 5.69 Å². The highest BCUT2D eigenvalue weighted by Gasteiger charge is 2.32. The summed E-state index contributed by atoms with van der Waals surface area (Å²) in [5.74, 6) is 0.614. The topological polar surface area (TPSA) is 105 Å². The first-order valence-corrected chi connectivity index (χ1v) is 12.7. The van der Waals surface area contributed by atoms with Crippen LogP contribution in [0.3, 0.4) is 0 Å². The Hall–Kier alpha value is -3.11. The van der Waals surface area contributed by atoms with Crippen LogP contribution in [0.15, 0.2) is 47.4 Å². The lowest BCUT2D eigenvalue weighted by Crippen LogP contribution is -2.37. The molecule has 2 aliphatic heterocycles. The molecule has 2 amide bonds. The van der Waals surface area contributed by atoms with Crippen LogP contribution in [-0.2, 0) is 14.8 Å². The van der Waals surface area contributed by atoms with E-state index in [1.807, 2.05) is 0 Å². The van der Waals surface area contributed by atoms with Crippen LogP contribution in [0.1, 0.15) is 36.0 Å². The van der Waals surface area contributed by atoms with Crippen molar-refractivity contribution in [1.82, 2.24) is 9.62 Å². The molecule has 9 nitrogen and oxygen atoms in total. The second-order valence-corrected chi connectivity index (χ2v) is 10.3. The number of hydrogen-bond acceptors (Lipinski definition) is 6. The molecule has 0 bridgehead atoms. The lowest BCUT2D eigenvalue weighted by Gasteiger charge is -2.25. The number of carbonyl (C=O) groups is 2. The fourth-order valence-electron chi connectivity index (χ4n) is 4.35. The number of piperidine rings is 1. The van der Waals surface area contributed by atoms with E-state index in [1.54, 1.807) is 30.2 Å². The summed E-state index contributed by atoms with van der Waals surface area (Å²) >= 11 is 0. The van der Waals surface area contributed by atoms with Crippen LogP contribution in [0, 0.1) is 0 Å². The Bertz CT molecular complexity index is 1160. The summed E-state index contributed by atoms with van der Waals surface area (Å²) in [6.07, 6.45) is 2.93. The minimum Gasteiger partial charge on any atom is -0.493 e. The molecule has 2 aromatic carbocycles. The number of carbonyl (C=O) groups excluding carboxylic acids is 2. The van der Waals surface area contributed by atoms with E-state index in [0.29, 0.717) is 42.4 Å². The molecule has 1 N–H and O–H groups in total. The van der Waals surface area contributed by atoms with Crippen molar-refractivity contribution >= 4 is 27.5 Å². The summed E-state index contributed by atoms with van der Waals surface area (Å²) in [6.45, 7) is 1.37. The lowest BCUT2D eigenvalue weighted by molar-refractivity contribution is -0.117. The molecular weight excluding hydrogens is 458 g/mol. The first-order chi connectivity index (χ1) is 16.3. The molecule has 2 fully saturated rings. The Morgan fingerprint density at radius 3 is 2.29 bits per heavy atom. The normalized spacial score (nSPS) is 19.2. The number of rotatable bonds is 7. The molecule has 10 heteroatoms. The third-order valence-corrected chi connectivity index (χ3v) is 8.12. The number of nitrogens with zero attached hydrogens (tertiary/aromatic N) is 2. The van der Waals surface area contributed by atoms with Gasteiger partial charge < -0.3 is 19.7 Å². The van der Waals surface area contributed by atoms with Crippen LogP contribution >= 0.6 is 0 Å². The summed E-state index contributed by atoms with van der Waals surface area (Å²) in [5.41, 5.74) is 1.00. The van der Waals surface area contributed by atoms with Crippen LogP contribution in [0.2, 0.25) is 0 Å². The second kappa shape index (κ2) is 10.0. The van der Waals surface area contributed by atoms with Gasteiger partial charge in [0.1, 0.15) is 0 Å². The van der Waals surface area contributed by atoms with Crippen LogP contribution in [-0.4, -0.2) is 64.4 Å². The highest BCUT2D eigenvalue weighted by atomic mass is 32.2. The molecule has 0 aliphatic carbocycles. The summed E-state index contributed by atoms with van der Waals surface area (Å²) in [7, 11) is -0.483. The third kappa shape index (κ3) is 4.88. The van der Waals surface area contributed by atoms with Crippen LogP contribution in [0.5, 0.6) is 11.5 Å². The van der Waals surface area contributed by atoms with Crippen molar-refractivity contribution in [2.24, 2.45) is 0 Å². The number of methoxy groups -OCH3 is 2. The molecule has 2 aliphatic rings. The molecule has 34 heavy (non-hydrogen) atoms. The number of amides is 2. The van der Waals surface area contributed by atoms with E-state index in [9.17, 15) is 18.0 Å². The van der Waals surface area contributed by atoms with Gasteiger partial charge in [0.05, 0.1) is 25.2 Å². The van der Waals surface area contributed by atoms with E-state index in [4.69, 9.17) is 9.47 Å². The first kappa shape index (κ1) is 24.0. The van der Waals surface area contributed by atoms with Crippen LogP contribution in [0.25, 0.3) is 0 Å². The van der Waals surface area contributed by atoms with Gasteiger partial charge in [0.15, 0.2) is 11.5 Å². The number of ether oxygens (including phenoxy) is 2. The van der Waals surface area contributed by atoms with E-state index in [0.717, 1.165) is 19.3 Å². The highest BCUT2D eigenvalue weighted by molar-refractivity contribution is 7.89. The molecular formula is C24H29N3O6S. The fraction of sp³-hybridized carbons (Fsp3) is 0.417. The van der Waals surface area contributed by atoms with Crippen molar-refractivity contribution in [3.8, 4) is 11.5 Å². The van der Waals surface area contributed by atoms with E-state index in [-0.39, 0.29) is 29.2 Å². The van der Waals surface area contributed by atoms with Gasteiger partial charge in [-0.05, 0) is 49.2 Å². The fourth-order valence-corrected chi connectivity index (χ4v) is 5.87. The number of benzene rings is 2. The van der Waals surface area contributed by atoms with Gasteiger partial charge in [-0.15, -0.1) is 0 Å². The van der Waals surface area contributed by atoms with E-state index in [2.05, 4.69) is 5.32 Å². The SMILES string of the molecule is COc1ccc(N2C[C@@H](NC(=O)c3ccc(S(=O)(=O)N4CCCCC4)cc3)CC2=O)cc1OC. The van der Waals surface area contributed by atoms with Gasteiger partial charge in [0, 0.05) is 43.4 Å². The maximum atomic E-state index is 12.8. The lowest BCUT2D eigenvalue weighted by atomic mass is 10.2. The number of anilines is 1. The van der Waals surface area contributed by atoms with Crippen molar-refractivity contribution < 1.29 is 27.5 Å². The van der Waals surface area contributed by atoms with Crippen molar-refractivity contribution in [3.05, 3.63) is 48.0 Å². The maximum absolute atomic E-state index is 12.8. The maximum Gasteiger partial charge on any atom is 0.251 e. The van der Waals surface area contributed by atoms with Gasteiger partial charge in [-0.25, -0.2) is 8.42 Å². The van der Waals surface area contributed by atoms with Crippen LogP contribution < -0.4 is 19.7 Å². The first-order valence-electron chi connectivity index (χ1n) is 11.3. The second-order valence-electron chi connectivity index (χ2n) is 8.41. The van der Waals surface area contributed by atoms with Crippen molar-refractivity contribution in [2.45, 2.75) is 36.6 Å². The summed E-state index contributed by atoms with van der Waals surface area (Å²) in [5, 5.41) is 2.88. The average molecular weight is 488 g/mol. The molecule has 182 valence electrons. The molecule has 1 atom stereocenters. The van der Waals surface area contributed by atoms with Crippen molar-refractivity contribution in [3.63, 3.8) is 0 Å². The molecule has 0 spiro atoms. The minimum atomic E-state index is -3.55. The molecule has 4 rings (SSSR count). The molecule has 0 radical (unpaired) electrons. The average Bonchev–Trinajstić information content (AvgIpc) is 3.23. The standard InChI is InChI=1S/C24H29N3O6S/c1-32-21-11-8-19(15-22(21)33-2)27-16-18(14-23(27)28)25-24(29)17-6-9-20(10-7-17)34(30,31)26-12-4-3-5-13-26/h6-11,15,18H,3-5,12-14,16H2,1-2H3,(H,25,29)/t18-/m0/s1. The Labute approximate surface area is 199 Å². The summed E-state index contributed by atoms with van der Waals surface area (Å²) < 4.78 is 37.7. The van der Waals surface area contributed by atoms with Gasteiger partial charge in [-0.3, -0.25) is 9.59 Å². The Morgan fingerprint density at radius 1 is 0.971 bits per heavy atom. The van der Waals surface area contributed by atoms with Gasteiger partial charge in [-0.2, -0.15) is 4.31 Å². The largest absolute Gasteiger partial charge is 0.493 e. The molecule has 2 aromatic rings. The van der Waals surface area contributed by atoms with Gasteiger partial charge in [0.25, 0.3) is 5.91 Å². The smallest absolute Gasteiger partial charge is 0.251 e. The number of nitrogens with one attached hydrogen (secondary N) is 1. The number of hydrogen-bond donors (Lipinski definition) is 1. The molecule has 2 saturated heterocycles. The molecule has 2 heterocycles. The predicted molar refractivity (Wildman–Crippen MR) is 127 cm³/mol. The third-order valence-electron chi connectivity index (χ3n) is 6.21. The van der Waals surface area contributed by atoms with Crippen molar-refractivity contribution in [1.29, 1.82) is 0 Å². The molecule has 0 saturated carbocycles. The van der Waals surface area contributed by atoms with Gasteiger partial charge in [-0.1, -0.05) is 6.42 Å². The van der Waals surface area contributed by atoms with E-state index < -0.39 is 10.0 Å². The van der Waals surface area contributed by atoms with Crippen molar-refractivity contribution in [2.75, 3.05) is 38.8 Å². The zero-order valence-corrected chi connectivity index (χ0v) is 20.1. The van der Waals surface area contributed by atoms with E-state index in [1.165, 1.54) is 35.7 Å². The molecule has 0 unspecified atom stereocenters. The zero-order chi connectivity index (χ0) is 24.3.